The Hall–Kier alpha value is -6.22. The van der Waals surface area contributed by atoms with Crippen molar-refractivity contribution in [2.24, 2.45) is 0 Å². The molecular weight excluding hydrogens is 801 g/mol. The quantitative estimate of drug-likeness (QED) is 0.0849. The molecular formula is C36H30N8O8S4. The fourth-order valence-electron chi connectivity index (χ4n) is 4.78. The molecule has 0 saturated heterocycles. The minimum atomic E-state index is -4.00. The Morgan fingerprint density at radius 1 is 0.536 bits per heavy atom. The lowest BCUT2D eigenvalue weighted by atomic mass is 10.2. The summed E-state index contributed by atoms with van der Waals surface area (Å²) in [5.74, 6) is -0.425. The van der Waals surface area contributed by atoms with Gasteiger partial charge in [-0.05, 0) is 72.8 Å². The van der Waals surface area contributed by atoms with Gasteiger partial charge in [-0.2, -0.15) is 0 Å². The van der Waals surface area contributed by atoms with E-state index >= 15 is 0 Å². The Morgan fingerprint density at radius 2 is 0.911 bits per heavy atom. The third kappa shape index (κ3) is 9.90. The number of hydrogen-bond acceptors (Lipinski definition) is 14. The molecule has 0 aliphatic heterocycles. The summed E-state index contributed by atoms with van der Waals surface area (Å²) in [5, 5.41) is 5.59. The number of sulfonamides is 2. The molecule has 0 aliphatic rings. The van der Waals surface area contributed by atoms with Crippen LogP contribution in [0.25, 0.3) is 0 Å². The summed E-state index contributed by atoms with van der Waals surface area (Å²) in [6, 6.07) is 27.8. The molecule has 4 aromatic carbocycles. The predicted octanol–water partition coefficient (Wildman–Crippen LogP) is 6.19. The summed E-state index contributed by atoms with van der Waals surface area (Å²) in [4.78, 5) is 43.4. The number of methoxy groups -OCH3 is 2. The van der Waals surface area contributed by atoms with E-state index in [1.165, 1.54) is 109 Å². The average molecular weight is 831 g/mol. The van der Waals surface area contributed by atoms with Gasteiger partial charge in [0.1, 0.15) is 24.3 Å². The maximum absolute atomic E-state index is 13.4. The number of amides is 2. The molecule has 0 bridgehead atoms. The van der Waals surface area contributed by atoms with Crippen LogP contribution in [0.15, 0.2) is 141 Å². The molecule has 0 saturated carbocycles. The highest BCUT2D eigenvalue weighted by Crippen LogP contribution is 2.41. The topological polar surface area (TPSA) is 221 Å². The van der Waals surface area contributed by atoms with Crippen LogP contribution < -0.4 is 29.6 Å². The number of aromatic nitrogens is 4. The number of nitrogens with zero attached hydrogens (tertiary/aromatic N) is 4. The molecule has 6 rings (SSSR count). The second-order valence-corrected chi connectivity index (χ2v) is 16.8. The predicted molar refractivity (Wildman–Crippen MR) is 212 cm³/mol. The summed E-state index contributed by atoms with van der Waals surface area (Å²) in [7, 11) is -2.65. The standard InChI is InChI=1S/C36H30N8O8S4/c1-51-33-19-31(37-21-39-33)43-55(47,48)25-15-11-23(12-16-25)41-35(45)27-7-3-5-9-29(27)53-54-30-10-6-4-8-28(30)36(46)42-24-13-17-26(18-14-24)56(49,50)44-32-20-34(52-2)40-22-38-32/h3-22H,1-2H3,(H,41,45)(H,42,46)(H,37,39,43)(H,38,40,44). The number of ether oxygens (including phenoxy) is 2. The van der Waals surface area contributed by atoms with Gasteiger partial charge >= 0.3 is 0 Å². The van der Waals surface area contributed by atoms with Crippen LogP contribution in [0.2, 0.25) is 0 Å². The number of benzene rings is 4. The lowest BCUT2D eigenvalue weighted by Gasteiger charge is -2.13. The van der Waals surface area contributed by atoms with Gasteiger partial charge in [0, 0.05) is 33.3 Å². The van der Waals surface area contributed by atoms with Crippen LogP contribution in [0, 0.1) is 0 Å². The van der Waals surface area contributed by atoms with E-state index in [2.05, 4.69) is 40.0 Å². The Labute approximate surface area is 329 Å². The molecule has 16 nitrogen and oxygen atoms in total. The van der Waals surface area contributed by atoms with Gasteiger partial charge in [0.05, 0.1) is 35.1 Å². The van der Waals surface area contributed by atoms with Crippen molar-refractivity contribution in [3.05, 3.63) is 133 Å². The van der Waals surface area contributed by atoms with E-state index < -0.39 is 31.9 Å². The van der Waals surface area contributed by atoms with Crippen LogP contribution in [0.1, 0.15) is 20.7 Å². The van der Waals surface area contributed by atoms with Crippen LogP contribution in [0.4, 0.5) is 23.0 Å². The zero-order valence-corrected chi connectivity index (χ0v) is 32.5. The normalized spacial score (nSPS) is 11.2. The SMILES string of the molecule is COc1cc(NS(=O)(=O)c2ccc(NC(=O)c3ccccc3SSc3ccccc3C(=O)Nc3ccc(S(=O)(=O)Nc4cc(OC)ncn4)cc3)cc2)ncn1. The first-order chi connectivity index (χ1) is 26.9. The first kappa shape index (κ1) is 39.5. The van der Waals surface area contributed by atoms with Crippen LogP contribution in [0.3, 0.4) is 0 Å². The van der Waals surface area contributed by atoms with Gasteiger partial charge in [0.2, 0.25) is 11.8 Å². The third-order valence-corrected chi connectivity index (χ3v) is 12.7. The van der Waals surface area contributed by atoms with Gasteiger partial charge in [-0.15, -0.1) is 0 Å². The van der Waals surface area contributed by atoms with Gasteiger partial charge < -0.3 is 20.1 Å². The number of hydrogen-bond donors (Lipinski definition) is 4. The third-order valence-electron chi connectivity index (χ3n) is 7.51. The molecule has 6 aromatic rings. The summed E-state index contributed by atoms with van der Waals surface area (Å²) in [6.07, 6.45) is 2.34. The molecule has 2 heterocycles. The molecule has 0 unspecified atom stereocenters. The van der Waals surface area contributed by atoms with Crippen molar-refractivity contribution in [1.82, 2.24) is 19.9 Å². The molecule has 4 N–H and O–H groups in total. The molecule has 0 fully saturated rings. The second-order valence-electron chi connectivity index (χ2n) is 11.2. The number of nitrogens with one attached hydrogen (secondary N) is 4. The summed E-state index contributed by atoms with van der Waals surface area (Å²) >= 11 is 0. The molecule has 0 spiro atoms. The molecule has 0 aliphatic carbocycles. The molecule has 286 valence electrons. The average Bonchev–Trinajstić information content (AvgIpc) is 3.20. The smallest absolute Gasteiger partial charge is 0.263 e. The molecule has 0 radical (unpaired) electrons. The first-order valence-electron chi connectivity index (χ1n) is 16.1. The lowest BCUT2D eigenvalue weighted by Crippen LogP contribution is -2.15. The highest BCUT2D eigenvalue weighted by molar-refractivity contribution is 8.76. The molecule has 20 heteroatoms. The van der Waals surface area contributed by atoms with Crippen molar-refractivity contribution < 1.29 is 35.9 Å². The van der Waals surface area contributed by atoms with Crippen molar-refractivity contribution >= 4 is 76.5 Å². The minimum absolute atomic E-state index is 0.0288. The van der Waals surface area contributed by atoms with E-state index in [-0.39, 0.29) is 33.2 Å². The van der Waals surface area contributed by atoms with Crippen LogP contribution >= 0.6 is 21.6 Å². The highest BCUT2D eigenvalue weighted by Gasteiger charge is 2.20. The second kappa shape index (κ2) is 17.5. The summed E-state index contributed by atoms with van der Waals surface area (Å²) in [5.41, 5.74) is 1.43. The van der Waals surface area contributed by atoms with Gasteiger partial charge in [0.25, 0.3) is 31.9 Å². The Balaban J connectivity index is 1.08. The van der Waals surface area contributed by atoms with E-state index in [4.69, 9.17) is 9.47 Å². The summed E-state index contributed by atoms with van der Waals surface area (Å²) < 4.78 is 66.3. The molecule has 56 heavy (non-hydrogen) atoms. The Kier molecular flexibility index (Phi) is 12.3. The number of carbonyl (C=O) groups is 2. The van der Waals surface area contributed by atoms with Gasteiger partial charge in [-0.1, -0.05) is 45.9 Å². The van der Waals surface area contributed by atoms with Gasteiger partial charge in [0.15, 0.2) is 0 Å². The van der Waals surface area contributed by atoms with Crippen molar-refractivity contribution in [3.8, 4) is 11.8 Å². The van der Waals surface area contributed by atoms with Crippen LogP contribution in [-0.2, 0) is 20.0 Å². The van der Waals surface area contributed by atoms with Gasteiger partial charge in [-0.25, -0.2) is 36.8 Å². The van der Waals surface area contributed by atoms with Crippen molar-refractivity contribution in [3.63, 3.8) is 0 Å². The van der Waals surface area contributed by atoms with E-state index in [0.717, 1.165) is 0 Å². The van der Waals surface area contributed by atoms with E-state index in [9.17, 15) is 26.4 Å². The number of anilines is 4. The molecule has 2 amide bonds. The number of rotatable bonds is 15. The minimum Gasteiger partial charge on any atom is -0.481 e. The first-order valence-corrected chi connectivity index (χ1v) is 21.2. The van der Waals surface area contributed by atoms with E-state index in [0.29, 0.717) is 32.3 Å². The monoisotopic (exact) mass is 830 g/mol. The van der Waals surface area contributed by atoms with E-state index in [1.54, 1.807) is 48.5 Å². The van der Waals surface area contributed by atoms with Gasteiger partial charge in [-0.3, -0.25) is 19.0 Å². The fraction of sp³-hybridized carbons (Fsp3) is 0.0556. The van der Waals surface area contributed by atoms with Crippen molar-refractivity contribution in [2.75, 3.05) is 34.3 Å². The van der Waals surface area contributed by atoms with Crippen molar-refractivity contribution in [1.29, 1.82) is 0 Å². The van der Waals surface area contributed by atoms with Crippen molar-refractivity contribution in [2.45, 2.75) is 19.6 Å². The van der Waals surface area contributed by atoms with E-state index in [1.807, 2.05) is 0 Å². The largest absolute Gasteiger partial charge is 0.481 e. The highest BCUT2D eigenvalue weighted by atomic mass is 33.1. The zero-order valence-electron chi connectivity index (χ0n) is 29.2. The van der Waals surface area contributed by atoms with Crippen LogP contribution in [0.5, 0.6) is 11.8 Å². The lowest BCUT2D eigenvalue weighted by molar-refractivity contribution is 0.101. The fourth-order valence-corrected chi connectivity index (χ4v) is 9.14. The Morgan fingerprint density at radius 3 is 1.29 bits per heavy atom. The number of carbonyl (C=O) groups excluding carboxylic acids is 2. The van der Waals surface area contributed by atoms with Crippen LogP contribution in [-0.4, -0.2) is 62.8 Å². The maximum Gasteiger partial charge on any atom is 0.263 e. The summed E-state index contributed by atoms with van der Waals surface area (Å²) in [6.45, 7) is 0. The Bertz CT molecular complexity index is 2420. The molecule has 0 atom stereocenters. The maximum atomic E-state index is 13.4. The molecule has 2 aromatic heterocycles. The zero-order chi connectivity index (χ0) is 39.7.